The first-order valence-corrected chi connectivity index (χ1v) is 7.71. The summed E-state index contributed by atoms with van der Waals surface area (Å²) in [4.78, 5) is 25.1. The normalized spacial score (nSPS) is 27.8. The standard InChI is InChI=1S/C17H19NO6/c1-3-23-8-9-24-15(20)13-10(2)18-17(22)12-7-5-4-6-11(12)14(19)16(13,17)21/h4-7,18,21-22H,3,8-9H2,1-2H3/t16-,17-/m1/s1. The number of ketones is 1. The van der Waals surface area contributed by atoms with Crippen LogP contribution in [0.3, 0.4) is 0 Å². The summed E-state index contributed by atoms with van der Waals surface area (Å²) in [6.45, 7) is 3.99. The van der Waals surface area contributed by atoms with E-state index in [0.29, 0.717) is 6.61 Å². The molecular formula is C17H19NO6. The van der Waals surface area contributed by atoms with Crippen molar-refractivity contribution in [3.63, 3.8) is 0 Å². The van der Waals surface area contributed by atoms with Gasteiger partial charge in [-0.25, -0.2) is 4.79 Å². The van der Waals surface area contributed by atoms with Crippen molar-refractivity contribution < 1.29 is 29.3 Å². The molecule has 7 nitrogen and oxygen atoms in total. The third-order valence-corrected chi connectivity index (χ3v) is 4.39. The Morgan fingerprint density at radius 2 is 1.96 bits per heavy atom. The van der Waals surface area contributed by atoms with Crippen LogP contribution in [0.15, 0.2) is 35.5 Å². The summed E-state index contributed by atoms with van der Waals surface area (Å²) in [6.07, 6.45) is 0. The van der Waals surface area contributed by atoms with Crippen LogP contribution in [0, 0.1) is 0 Å². The van der Waals surface area contributed by atoms with Crippen molar-refractivity contribution in [2.75, 3.05) is 19.8 Å². The van der Waals surface area contributed by atoms with Crippen LogP contribution in [0.2, 0.25) is 0 Å². The Hall–Kier alpha value is -2.22. The topological polar surface area (TPSA) is 105 Å². The number of benzene rings is 1. The number of fused-ring (bicyclic) bond motifs is 3. The van der Waals surface area contributed by atoms with E-state index in [9.17, 15) is 19.8 Å². The molecule has 1 aliphatic heterocycles. The minimum absolute atomic E-state index is 0.0148. The van der Waals surface area contributed by atoms with Crippen molar-refractivity contribution in [2.24, 2.45) is 0 Å². The monoisotopic (exact) mass is 333 g/mol. The maximum Gasteiger partial charge on any atom is 0.339 e. The molecule has 2 aliphatic rings. The second-order valence-electron chi connectivity index (χ2n) is 5.75. The molecule has 1 aliphatic carbocycles. The molecule has 1 aromatic rings. The largest absolute Gasteiger partial charge is 0.460 e. The highest BCUT2D eigenvalue weighted by Gasteiger charge is 2.70. The fraction of sp³-hybridized carbons (Fsp3) is 0.412. The van der Waals surface area contributed by atoms with Gasteiger partial charge in [-0.05, 0) is 13.8 Å². The van der Waals surface area contributed by atoms with E-state index < -0.39 is 23.1 Å². The number of Topliss-reactive ketones (excluding diaryl/α,β-unsaturated/α-hetero) is 1. The molecule has 0 fully saturated rings. The summed E-state index contributed by atoms with van der Waals surface area (Å²) in [5.74, 6) is -1.60. The number of carbonyl (C=O) groups is 2. The molecule has 0 unspecified atom stereocenters. The Bertz CT molecular complexity index is 742. The Morgan fingerprint density at radius 1 is 1.25 bits per heavy atom. The number of hydrogen-bond acceptors (Lipinski definition) is 7. The average Bonchev–Trinajstić information content (AvgIpc) is 2.87. The van der Waals surface area contributed by atoms with E-state index in [1.54, 1.807) is 12.1 Å². The number of aliphatic hydroxyl groups is 2. The molecule has 0 saturated heterocycles. The van der Waals surface area contributed by atoms with Gasteiger partial charge >= 0.3 is 5.97 Å². The van der Waals surface area contributed by atoms with E-state index in [1.807, 2.05) is 6.92 Å². The summed E-state index contributed by atoms with van der Waals surface area (Å²) in [5, 5.41) is 24.7. The third-order valence-electron chi connectivity index (χ3n) is 4.39. The molecule has 0 amide bonds. The Labute approximate surface area is 138 Å². The number of allylic oxidation sites excluding steroid dienone is 1. The van der Waals surface area contributed by atoms with Crippen LogP contribution in [-0.2, 0) is 20.0 Å². The van der Waals surface area contributed by atoms with Crippen molar-refractivity contribution in [1.29, 1.82) is 0 Å². The van der Waals surface area contributed by atoms with E-state index in [-0.39, 0.29) is 35.6 Å². The van der Waals surface area contributed by atoms with Gasteiger partial charge in [-0.2, -0.15) is 0 Å². The number of ether oxygens (including phenoxy) is 2. The van der Waals surface area contributed by atoms with E-state index in [0.717, 1.165) is 0 Å². The SMILES string of the molecule is CCOCCOC(=O)C1=C(C)N[C@@]2(O)c3ccccc3C(=O)[C@]12O. The van der Waals surface area contributed by atoms with Crippen molar-refractivity contribution in [3.8, 4) is 0 Å². The highest BCUT2D eigenvalue weighted by molar-refractivity contribution is 6.16. The second kappa shape index (κ2) is 5.70. The van der Waals surface area contributed by atoms with Crippen molar-refractivity contribution >= 4 is 11.8 Å². The van der Waals surface area contributed by atoms with Crippen molar-refractivity contribution in [3.05, 3.63) is 46.7 Å². The highest BCUT2D eigenvalue weighted by Crippen LogP contribution is 2.51. The van der Waals surface area contributed by atoms with Gasteiger partial charge in [-0.15, -0.1) is 0 Å². The second-order valence-corrected chi connectivity index (χ2v) is 5.75. The van der Waals surface area contributed by atoms with Crippen molar-refractivity contribution in [2.45, 2.75) is 25.2 Å². The first kappa shape index (κ1) is 16.6. The first-order chi connectivity index (χ1) is 11.4. The van der Waals surface area contributed by atoms with Crippen LogP contribution in [0.25, 0.3) is 0 Å². The molecular weight excluding hydrogens is 314 g/mol. The summed E-state index contributed by atoms with van der Waals surface area (Å²) in [7, 11) is 0. The molecule has 128 valence electrons. The molecule has 1 heterocycles. The molecule has 7 heteroatoms. The Balaban J connectivity index is 1.95. The Kier molecular flexibility index (Phi) is 3.95. The number of carbonyl (C=O) groups excluding carboxylic acids is 2. The first-order valence-electron chi connectivity index (χ1n) is 7.71. The summed E-state index contributed by atoms with van der Waals surface area (Å²) < 4.78 is 10.2. The highest BCUT2D eigenvalue weighted by atomic mass is 16.6. The van der Waals surface area contributed by atoms with Crippen molar-refractivity contribution in [1.82, 2.24) is 5.32 Å². The lowest BCUT2D eigenvalue weighted by molar-refractivity contribution is -0.148. The number of nitrogens with one attached hydrogen (secondary N) is 1. The lowest BCUT2D eigenvalue weighted by atomic mass is 9.85. The lowest BCUT2D eigenvalue weighted by Gasteiger charge is -2.31. The molecule has 0 aromatic heterocycles. The van der Waals surface area contributed by atoms with Gasteiger partial charge in [0.1, 0.15) is 12.2 Å². The maximum atomic E-state index is 12.7. The molecule has 0 saturated carbocycles. The minimum Gasteiger partial charge on any atom is -0.460 e. The van der Waals surface area contributed by atoms with Gasteiger partial charge in [0.15, 0.2) is 0 Å². The van der Waals surface area contributed by atoms with E-state index >= 15 is 0 Å². The van der Waals surface area contributed by atoms with Crippen LogP contribution in [-0.4, -0.2) is 47.4 Å². The van der Waals surface area contributed by atoms with Gasteiger partial charge in [-0.1, -0.05) is 24.3 Å². The molecule has 2 atom stereocenters. The molecule has 1 aromatic carbocycles. The lowest BCUT2D eigenvalue weighted by Crippen LogP contribution is -2.56. The van der Waals surface area contributed by atoms with Crippen LogP contribution in [0.1, 0.15) is 29.8 Å². The van der Waals surface area contributed by atoms with Gasteiger partial charge in [0.05, 0.1) is 6.61 Å². The zero-order valence-electron chi connectivity index (χ0n) is 13.5. The average molecular weight is 333 g/mol. The van der Waals surface area contributed by atoms with Gasteiger partial charge < -0.3 is 25.0 Å². The molecule has 3 rings (SSSR count). The van der Waals surface area contributed by atoms with Crippen LogP contribution < -0.4 is 5.32 Å². The zero-order chi connectivity index (χ0) is 17.5. The smallest absolute Gasteiger partial charge is 0.339 e. The number of hydrogen-bond donors (Lipinski definition) is 3. The molecule has 24 heavy (non-hydrogen) atoms. The van der Waals surface area contributed by atoms with Crippen LogP contribution in [0.4, 0.5) is 0 Å². The molecule has 0 radical (unpaired) electrons. The third kappa shape index (κ3) is 2.02. The molecule has 0 bridgehead atoms. The Morgan fingerprint density at radius 3 is 2.67 bits per heavy atom. The van der Waals surface area contributed by atoms with Gasteiger partial charge in [0.2, 0.25) is 17.1 Å². The van der Waals surface area contributed by atoms with Crippen LogP contribution >= 0.6 is 0 Å². The van der Waals surface area contributed by atoms with E-state index in [1.165, 1.54) is 19.1 Å². The van der Waals surface area contributed by atoms with Gasteiger partial charge in [-0.3, -0.25) is 4.79 Å². The minimum atomic E-state index is -2.41. The summed E-state index contributed by atoms with van der Waals surface area (Å²) in [6, 6.07) is 6.31. The van der Waals surface area contributed by atoms with Gasteiger partial charge in [0.25, 0.3) is 0 Å². The molecule has 3 N–H and O–H groups in total. The number of esters is 1. The summed E-state index contributed by atoms with van der Waals surface area (Å²) in [5.41, 5.74) is -4.18. The number of rotatable bonds is 5. The van der Waals surface area contributed by atoms with Gasteiger partial charge in [0, 0.05) is 23.4 Å². The zero-order valence-corrected chi connectivity index (χ0v) is 13.5. The predicted molar refractivity (Wildman–Crippen MR) is 82.9 cm³/mol. The maximum absolute atomic E-state index is 12.7. The van der Waals surface area contributed by atoms with Crippen LogP contribution in [0.5, 0.6) is 0 Å². The molecule has 0 spiro atoms. The van der Waals surface area contributed by atoms with E-state index in [4.69, 9.17) is 9.47 Å². The van der Waals surface area contributed by atoms with E-state index in [2.05, 4.69) is 5.32 Å². The quantitative estimate of drug-likeness (QED) is 0.523. The summed E-state index contributed by atoms with van der Waals surface area (Å²) >= 11 is 0. The fourth-order valence-corrected chi connectivity index (χ4v) is 3.32. The predicted octanol–water partition coefficient (Wildman–Crippen LogP) is 0.216. The fourth-order valence-electron chi connectivity index (χ4n) is 3.32.